The molecule has 2 aromatic rings. The summed E-state index contributed by atoms with van der Waals surface area (Å²) in [6.45, 7) is 2.76. The van der Waals surface area contributed by atoms with E-state index in [9.17, 15) is 4.79 Å². The Kier molecular flexibility index (Phi) is 4.21. The van der Waals surface area contributed by atoms with E-state index in [4.69, 9.17) is 14.2 Å². The number of hydrogen-bond donors (Lipinski definition) is 1. The maximum Gasteiger partial charge on any atom is 0.253 e. The van der Waals surface area contributed by atoms with Crippen LogP contribution in [0, 0.1) is 11.8 Å². The molecular weight excluding hydrogens is 356 g/mol. The Labute approximate surface area is 164 Å². The zero-order valence-corrected chi connectivity index (χ0v) is 16.5. The van der Waals surface area contributed by atoms with Gasteiger partial charge in [0.05, 0.1) is 23.8 Å². The molecule has 4 heterocycles. The minimum Gasteiger partial charge on any atom is -0.497 e. The second kappa shape index (κ2) is 6.64. The van der Waals surface area contributed by atoms with E-state index in [1.807, 2.05) is 17.9 Å². The Morgan fingerprint density at radius 1 is 1.25 bits per heavy atom. The van der Waals surface area contributed by atoms with Gasteiger partial charge in [0.25, 0.3) is 5.91 Å². The third-order valence-corrected chi connectivity index (χ3v) is 6.74. The van der Waals surface area contributed by atoms with E-state index in [0.717, 1.165) is 30.5 Å². The maximum atomic E-state index is 13.4. The summed E-state index contributed by atoms with van der Waals surface area (Å²) >= 11 is 0. The third-order valence-electron chi connectivity index (χ3n) is 6.74. The van der Waals surface area contributed by atoms with Crippen LogP contribution < -0.4 is 0 Å². The summed E-state index contributed by atoms with van der Waals surface area (Å²) in [5.74, 6) is 0.0871. The first-order valence-corrected chi connectivity index (χ1v) is 9.95. The van der Waals surface area contributed by atoms with Crippen LogP contribution in [0.15, 0.2) is 36.1 Å². The predicted molar refractivity (Wildman–Crippen MR) is 104 cm³/mol. The fraction of sp³-hybridized carbons (Fsp3) is 0.500. The van der Waals surface area contributed by atoms with Crippen molar-refractivity contribution in [2.24, 2.45) is 11.8 Å². The first kappa shape index (κ1) is 17.8. The second-order valence-corrected chi connectivity index (χ2v) is 8.00. The van der Waals surface area contributed by atoms with E-state index >= 15 is 0 Å². The number of piperidine rings is 1. The van der Waals surface area contributed by atoms with E-state index in [2.05, 4.69) is 23.2 Å². The van der Waals surface area contributed by atoms with Gasteiger partial charge in [-0.05, 0) is 31.4 Å². The minimum atomic E-state index is -0.408. The quantitative estimate of drug-likeness (QED) is 0.829. The summed E-state index contributed by atoms with van der Waals surface area (Å²) in [7, 11) is 3.29. The topological polar surface area (TPSA) is 63.8 Å². The number of ether oxygens (including phenoxy) is 3. The molecule has 6 nitrogen and oxygen atoms in total. The average molecular weight is 382 g/mol. The fourth-order valence-electron chi connectivity index (χ4n) is 5.42. The highest BCUT2D eigenvalue weighted by Crippen LogP contribution is 2.48. The number of nitrogens with one attached hydrogen (secondary N) is 1. The minimum absolute atomic E-state index is 0.0316. The van der Waals surface area contributed by atoms with Crippen LogP contribution in [-0.2, 0) is 25.4 Å². The van der Waals surface area contributed by atoms with E-state index in [-0.39, 0.29) is 29.9 Å². The molecule has 1 N–H and O–H groups in total. The number of methoxy groups -OCH3 is 2. The van der Waals surface area contributed by atoms with Crippen molar-refractivity contribution in [3.63, 3.8) is 0 Å². The summed E-state index contributed by atoms with van der Waals surface area (Å²) in [4.78, 5) is 19.0. The lowest BCUT2D eigenvalue weighted by molar-refractivity contribution is -0.182. The molecular formula is C22H26N2O4. The number of aromatic nitrogens is 1. The number of nitrogens with zero attached hydrogens (tertiary/aromatic N) is 1. The average Bonchev–Trinajstić information content (AvgIpc) is 3.10. The van der Waals surface area contributed by atoms with Crippen molar-refractivity contribution in [1.29, 1.82) is 0 Å². The lowest BCUT2D eigenvalue weighted by Gasteiger charge is -2.48. The van der Waals surface area contributed by atoms with Crippen LogP contribution in [0.4, 0.5) is 0 Å². The van der Waals surface area contributed by atoms with Gasteiger partial charge in [-0.2, -0.15) is 0 Å². The number of amides is 1. The highest BCUT2D eigenvalue weighted by Gasteiger charge is 2.50. The zero-order chi connectivity index (χ0) is 19.4. The second-order valence-electron chi connectivity index (χ2n) is 8.00. The lowest BCUT2D eigenvalue weighted by Crippen LogP contribution is -2.52. The van der Waals surface area contributed by atoms with Crippen LogP contribution >= 0.6 is 0 Å². The Morgan fingerprint density at radius 2 is 2.04 bits per heavy atom. The number of benzene rings is 1. The maximum absolute atomic E-state index is 13.4. The molecule has 3 aliphatic heterocycles. The van der Waals surface area contributed by atoms with Gasteiger partial charge in [0, 0.05) is 43.3 Å². The van der Waals surface area contributed by atoms with Gasteiger partial charge in [-0.15, -0.1) is 0 Å². The number of carbonyl (C=O) groups is 1. The van der Waals surface area contributed by atoms with Crippen LogP contribution in [-0.4, -0.2) is 48.9 Å². The number of fused-ring (bicyclic) bond motifs is 6. The lowest BCUT2D eigenvalue weighted by atomic mass is 9.72. The molecule has 3 aliphatic rings. The normalized spacial score (nSPS) is 29.2. The first-order chi connectivity index (χ1) is 13.6. The summed E-state index contributed by atoms with van der Waals surface area (Å²) in [6.07, 6.45) is 2.91. The van der Waals surface area contributed by atoms with Gasteiger partial charge >= 0.3 is 0 Å². The number of carbonyl (C=O) groups excluding carboxylic acids is 1. The van der Waals surface area contributed by atoms with Crippen molar-refractivity contribution in [2.75, 3.05) is 20.8 Å². The van der Waals surface area contributed by atoms with Gasteiger partial charge in [-0.1, -0.05) is 18.2 Å². The van der Waals surface area contributed by atoms with Gasteiger partial charge in [-0.25, -0.2) is 0 Å². The van der Waals surface area contributed by atoms with Gasteiger partial charge in [0.2, 0.25) is 0 Å². The van der Waals surface area contributed by atoms with Crippen LogP contribution in [0.5, 0.6) is 0 Å². The van der Waals surface area contributed by atoms with Gasteiger partial charge < -0.3 is 24.1 Å². The molecule has 1 amide bonds. The molecule has 0 spiro atoms. The molecule has 0 unspecified atom stereocenters. The van der Waals surface area contributed by atoms with E-state index < -0.39 is 6.29 Å². The van der Waals surface area contributed by atoms with Crippen molar-refractivity contribution in [3.8, 4) is 0 Å². The molecule has 0 aliphatic carbocycles. The molecule has 28 heavy (non-hydrogen) atoms. The molecule has 148 valence electrons. The van der Waals surface area contributed by atoms with Crippen molar-refractivity contribution in [1.82, 2.24) is 9.88 Å². The van der Waals surface area contributed by atoms with Crippen molar-refractivity contribution in [2.45, 2.75) is 38.2 Å². The van der Waals surface area contributed by atoms with Gasteiger partial charge in [0.1, 0.15) is 6.10 Å². The Bertz CT molecular complexity index is 945. The van der Waals surface area contributed by atoms with Crippen LogP contribution in [0.2, 0.25) is 0 Å². The molecule has 0 bridgehead atoms. The monoisotopic (exact) mass is 382 g/mol. The highest BCUT2D eigenvalue weighted by atomic mass is 16.7. The number of H-pyrrole nitrogens is 1. The van der Waals surface area contributed by atoms with Crippen LogP contribution in [0.1, 0.15) is 30.6 Å². The summed E-state index contributed by atoms with van der Waals surface area (Å²) in [5.41, 5.74) is 4.43. The third kappa shape index (κ3) is 2.44. The van der Waals surface area contributed by atoms with E-state index in [1.54, 1.807) is 20.5 Å². The van der Waals surface area contributed by atoms with E-state index in [1.165, 1.54) is 16.6 Å². The fourth-order valence-corrected chi connectivity index (χ4v) is 5.42. The number of aromatic amines is 1. The summed E-state index contributed by atoms with van der Waals surface area (Å²) in [5, 5.41) is 1.27. The molecule has 1 aromatic carbocycles. The highest BCUT2D eigenvalue weighted by molar-refractivity contribution is 5.96. The Hall–Kier alpha value is -2.31. The molecule has 1 fully saturated rings. The largest absolute Gasteiger partial charge is 0.497 e. The number of hydrogen-bond acceptors (Lipinski definition) is 4. The molecule has 1 saturated heterocycles. The Morgan fingerprint density at radius 3 is 2.82 bits per heavy atom. The standard InChI is InChI=1S/C22H26N2O4/c1-12-19(22(26-2)27-3)15-10-18-20-14(13-6-4-5-7-17(13)23-20)8-9-24(18)21(25)16(15)11-28-12/h4-7,11-12,15,18-19,22-23H,8-10H2,1-3H3/t12-,15-,18+,19-/m1/s1. The van der Waals surface area contributed by atoms with Gasteiger partial charge in [-0.3, -0.25) is 4.79 Å². The molecule has 6 heteroatoms. The SMILES string of the molecule is COC(OC)[C@H]1[C@@H]2C[C@H]3c4[nH]c5ccccc5c4CCN3C(=O)C2=CO[C@@H]1C. The number of para-hydroxylation sites is 1. The van der Waals surface area contributed by atoms with Gasteiger partial charge in [0.15, 0.2) is 6.29 Å². The van der Waals surface area contributed by atoms with Crippen molar-refractivity contribution < 1.29 is 19.0 Å². The summed E-state index contributed by atoms with van der Waals surface area (Å²) in [6, 6.07) is 8.45. The molecule has 5 rings (SSSR count). The Balaban J connectivity index is 1.58. The van der Waals surface area contributed by atoms with Crippen molar-refractivity contribution in [3.05, 3.63) is 47.4 Å². The molecule has 0 radical (unpaired) electrons. The van der Waals surface area contributed by atoms with Crippen LogP contribution in [0.25, 0.3) is 10.9 Å². The zero-order valence-electron chi connectivity index (χ0n) is 16.5. The first-order valence-electron chi connectivity index (χ1n) is 9.95. The molecule has 1 aromatic heterocycles. The smallest absolute Gasteiger partial charge is 0.253 e. The molecule has 0 saturated carbocycles. The summed E-state index contributed by atoms with van der Waals surface area (Å²) < 4.78 is 17.0. The van der Waals surface area contributed by atoms with Crippen molar-refractivity contribution >= 4 is 16.8 Å². The van der Waals surface area contributed by atoms with Crippen LogP contribution in [0.3, 0.4) is 0 Å². The predicted octanol–water partition coefficient (Wildman–Crippen LogP) is 3.15. The number of rotatable bonds is 3. The van der Waals surface area contributed by atoms with E-state index in [0.29, 0.717) is 0 Å². The molecule has 4 atom stereocenters.